The van der Waals surface area contributed by atoms with Crippen molar-refractivity contribution in [1.29, 1.82) is 5.26 Å². The second-order valence-corrected chi connectivity index (χ2v) is 4.85. The first-order chi connectivity index (χ1) is 9.19. The molecule has 19 heavy (non-hydrogen) atoms. The number of fused-ring (bicyclic) bond motifs is 1. The molecule has 0 saturated carbocycles. The number of rotatable bonds is 1. The van der Waals surface area contributed by atoms with Gasteiger partial charge in [-0.15, -0.1) is 0 Å². The Morgan fingerprint density at radius 2 is 2.26 bits per heavy atom. The summed E-state index contributed by atoms with van der Waals surface area (Å²) in [6.07, 6.45) is 2.50. The smallest absolute Gasteiger partial charge is 0.147 e. The molecule has 5 nitrogen and oxygen atoms in total. The first kappa shape index (κ1) is 11.7. The fourth-order valence-corrected chi connectivity index (χ4v) is 2.51. The van der Waals surface area contributed by atoms with E-state index in [-0.39, 0.29) is 0 Å². The van der Waals surface area contributed by atoms with Gasteiger partial charge in [0.1, 0.15) is 18.2 Å². The first-order valence-corrected chi connectivity index (χ1v) is 6.24. The van der Waals surface area contributed by atoms with E-state index in [1.54, 1.807) is 6.26 Å². The second kappa shape index (κ2) is 4.39. The van der Waals surface area contributed by atoms with Gasteiger partial charge in [-0.3, -0.25) is 0 Å². The van der Waals surface area contributed by atoms with E-state index >= 15 is 0 Å². The molecule has 0 aromatic carbocycles. The third-order valence-corrected chi connectivity index (χ3v) is 3.45. The van der Waals surface area contributed by atoms with E-state index in [1.807, 2.05) is 19.9 Å². The highest BCUT2D eigenvalue weighted by Gasteiger charge is 2.23. The summed E-state index contributed by atoms with van der Waals surface area (Å²) in [7, 11) is 0. The van der Waals surface area contributed by atoms with Crippen LogP contribution in [0.25, 0.3) is 0 Å². The van der Waals surface area contributed by atoms with Crippen molar-refractivity contribution in [3.63, 3.8) is 0 Å². The van der Waals surface area contributed by atoms with Crippen LogP contribution in [0.3, 0.4) is 0 Å². The lowest BCUT2D eigenvalue weighted by atomic mass is 10.1. The Balaban J connectivity index is 2.02. The molecule has 5 heteroatoms. The van der Waals surface area contributed by atoms with E-state index < -0.39 is 0 Å². The number of aromatic nitrogens is 2. The Labute approximate surface area is 111 Å². The topological polar surface area (TPSA) is 66.0 Å². The minimum atomic E-state index is 0.658. The van der Waals surface area contributed by atoms with Crippen molar-refractivity contribution in [3.05, 3.63) is 40.4 Å². The van der Waals surface area contributed by atoms with Gasteiger partial charge in [0.05, 0.1) is 11.3 Å². The maximum Gasteiger partial charge on any atom is 0.147 e. The van der Waals surface area contributed by atoms with Crippen molar-refractivity contribution in [2.45, 2.75) is 26.8 Å². The molecule has 1 aliphatic heterocycles. The van der Waals surface area contributed by atoms with Gasteiger partial charge in [-0.25, -0.2) is 4.98 Å². The van der Waals surface area contributed by atoms with Crippen molar-refractivity contribution >= 4 is 5.82 Å². The first-order valence-electron chi connectivity index (χ1n) is 6.24. The van der Waals surface area contributed by atoms with Gasteiger partial charge in [-0.05, 0) is 25.5 Å². The zero-order valence-corrected chi connectivity index (χ0v) is 11.0. The van der Waals surface area contributed by atoms with Gasteiger partial charge in [0, 0.05) is 30.8 Å². The summed E-state index contributed by atoms with van der Waals surface area (Å²) >= 11 is 0. The Kier molecular flexibility index (Phi) is 2.71. The van der Waals surface area contributed by atoms with Gasteiger partial charge in [0.15, 0.2) is 0 Å². The lowest BCUT2D eigenvalue weighted by Crippen LogP contribution is -2.31. The van der Waals surface area contributed by atoms with Crippen molar-refractivity contribution < 1.29 is 4.52 Å². The number of hydrogen-bond acceptors (Lipinski definition) is 5. The molecule has 0 N–H and O–H groups in total. The summed E-state index contributed by atoms with van der Waals surface area (Å²) in [6.45, 7) is 5.41. The van der Waals surface area contributed by atoms with Crippen LogP contribution >= 0.6 is 0 Å². The maximum absolute atomic E-state index is 9.33. The van der Waals surface area contributed by atoms with Crippen LogP contribution in [-0.2, 0) is 13.0 Å². The van der Waals surface area contributed by atoms with Crippen LogP contribution in [0.1, 0.15) is 28.1 Å². The van der Waals surface area contributed by atoms with Crippen molar-refractivity contribution in [2.75, 3.05) is 11.4 Å². The molecule has 0 radical (unpaired) electrons. The summed E-state index contributed by atoms with van der Waals surface area (Å²) in [5, 5.41) is 13.3. The molecule has 0 fully saturated rings. The summed E-state index contributed by atoms with van der Waals surface area (Å²) in [5.41, 5.74) is 4.66. The Hall–Kier alpha value is -2.35. The molecule has 3 heterocycles. The standard InChI is InChI=1S/C14H14N4O/c1-9-5-10(2)16-14(12(9)6-15)18-4-3-13-11(7-18)8-19-17-13/h5,8H,3-4,7H2,1-2H3. The van der Waals surface area contributed by atoms with E-state index in [0.717, 1.165) is 41.3 Å². The molecule has 0 bridgehead atoms. The van der Waals surface area contributed by atoms with Crippen LogP contribution < -0.4 is 4.90 Å². The van der Waals surface area contributed by atoms with Gasteiger partial charge in [0.25, 0.3) is 0 Å². The van der Waals surface area contributed by atoms with Gasteiger partial charge < -0.3 is 9.42 Å². The van der Waals surface area contributed by atoms with Crippen LogP contribution in [0.5, 0.6) is 0 Å². The molecule has 0 spiro atoms. The zero-order valence-electron chi connectivity index (χ0n) is 11.0. The van der Waals surface area contributed by atoms with Crippen molar-refractivity contribution in [3.8, 4) is 6.07 Å². The molecule has 2 aromatic rings. The average molecular weight is 254 g/mol. The number of aryl methyl sites for hydroxylation is 2. The lowest BCUT2D eigenvalue weighted by molar-refractivity contribution is 0.412. The highest BCUT2D eigenvalue weighted by atomic mass is 16.5. The van der Waals surface area contributed by atoms with E-state index in [2.05, 4.69) is 21.1 Å². The second-order valence-electron chi connectivity index (χ2n) is 4.85. The van der Waals surface area contributed by atoms with Gasteiger partial charge >= 0.3 is 0 Å². The van der Waals surface area contributed by atoms with Crippen LogP contribution in [0.15, 0.2) is 16.9 Å². The van der Waals surface area contributed by atoms with E-state index in [1.165, 1.54) is 0 Å². The molecule has 96 valence electrons. The van der Waals surface area contributed by atoms with Crippen LogP contribution in [0.2, 0.25) is 0 Å². The Bertz CT molecular complexity index is 669. The quantitative estimate of drug-likeness (QED) is 0.779. The fourth-order valence-electron chi connectivity index (χ4n) is 2.51. The van der Waals surface area contributed by atoms with Gasteiger partial charge in [0.2, 0.25) is 0 Å². The van der Waals surface area contributed by atoms with Crippen molar-refractivity contribution in [1.82, 2.24) is 10.1 Å². The summed E-state index contributed by atoms with van der Waals surface area (Å²) < 4.78 is 4.99. The number of hydrogen-bond donors (Lipinski definition) is 0. The average Bonchev–Trinajstić information content (AvgIpc) is 2.85. The molecule has 1 aliphatic rings. The molecular formula is C14H14N4O. The third kappa shape index (κ3) is 1.95. The van der Waals surface area contributed by atoms with E-state index in [0.29, 0.717) is 12.1 Å². The molecular weight excluding hydrogens is 240 g/mol. The molecule has 0 atom stereocenters. The molecule has 0 saturated heterocycles. The minimum Gasteiger partial charge on any atom is -0.364 e. The van der Waals surface area contributed by atoms with Crippen LogP contribution in [0.4, 0.5) is 5.82 Å². The predicted molar refractivity (Wildman–Crippen MR) is 69.7 cm³/mol. The van der Waals surface area contributed by atoms with Crippen LogP contribution in [-0.4, -0.2) is 16.7 Å². The normalized spacial score (nSPS) is 14.1. The number of anilines is 1. The van der Waals surface area contributed by atoms with Gasteiger partial charge in [-0.1, -0.05) is 5.16 Å². The molecule has 0 unspecified atom stereocenters. The molecule has 2 aromatic heterocycles. The number of nitriles is 1. The summed E-state index contributed by atoms with van der Waals surface area (Å²) in [6, 6.07) is 4.20. The van der Waals surface area contributed by atoms with Gasteiger partial charge in [-0.2, -0.15) is 5.26 Å². The minimum absolute atomic E-state index is 0.658. The summed E-state index contributed by atoms with van der Waals surface area (Å²) in [4.78, 5) is 6.66. The Morgan fingerprint density at radius 3 is 3.05 bits per heavy atom. The van der Waals surface area contributed by atoms with Crippen LogP contribution in [0, 0.1) is 25.2 Å². The highest BCUT2D eigenvalue weighted by Crippen LogP contribution is 2.27. The third-order valence-electron chi connectivity index (χ3n) is 3.45. The van der Waals surface area contributed by atoms with E-state index in [9.17, 15) is 5.26 Å². The number of nitrogens with zero attached hydrogens (tertiary/aromatic N) is 4. The monoisotopic (exact) mass is 254 g/mol. The molecule has 0 aliphatic carbocycles. The van der Waals surface area contributed by atoms with E-state index in [4.69, 9.17) is 4.52 Å². The highest BCUT2D eigenvalue weighted by molar-refractivity contribution is 5.59. The molecule has 0 amide bonds. The SMILES string of the molecule is Cc1cc(C)c(C#N)c(N2CCc3nocc3C2)n1. The largest absolute Gasteiger partial charge is 0.364 e. The zero-order chi connectivity index (χ0) is 13.4. The fraction of sp³-hybridized carbons (Fsp3) is 0.357. The molecule has 3 rings (SSSR count). The Morgan fingerprint density at radius 1 is 1.42 bits per heavy atom. The number of pyridine rings is 1. The maximum atomic E-state index is 9.33. The lowest BCUT2D eigenvalue weighted by Gasteiger charge is -2.28. The van der Waals surface area contributed by atoms with Crippen molar-refractivity contribution in [2.24, 2.45) is 0 Å². The summed E-state index contributed by atoms with van der Waals surface area (Å²) in [5.74, 6) is 0.770. The predicted octanol–water partition coefficient (Wildman–Crippen LogP) is 2.12.